The van der Waals surface area contributed by atoms with Crippen molar-refractivity contribution >= 4 is 5.91 Å². The number of aromatic nitrogens is 1. The number of carbonyl (C=O) groups excluding carboxylic acids is 1. The second kappa shape index (κ2) is 6.38. The molecule has 0 fully saturated rings. The Balaban J connectivity index is 2.65. The van der Waals surface area contributed by atoms with Gasteiger partial charge in [0.1, 0.15) is 0 Å². The van der Waals surface area contributed by atoms with Crippen molar-refractivity contribution in [1.29, 1.82) is 0 Å². The normalized spacial score (nSPS) is 14.0. The molecule has 1 amide bonds. The highest BCUT2D eigenvalue weighted by Crippen LogP contribution is 2.09. The highest BCUT2D eigenvalue weighted by atomic mass is 16.2. The first kappa shape index (κ1) is 14.5. The number of carbonyl (C=O) groups is 1. The number of nitrogens with one attached hydrogen (secondary N) is 1. The van der Waals surface area contributed by atoms with E-state index in [0.717, 1.165) is 12.8 Å². The van der Waals surface area contributed by atoms with Crippen LogP contribution in [0.3, 0.4) is 0 Å². The minimum Gasteiger partial charge on any atom is -0.350 e. The maximum atomic E-state index is 11.9. The highest BCUT2D eigenvalue weighted by Gasteiger charge is 2.12. The molecule has 2 atom stereocenters. The number of hydrogen-bond acceptors (Lipinski definition) is 2. The van der Waals surface area contributed by atoms with Crippen LogP contribution in [0.2, 0.25) is 0 Å². The molecule has 0 aliphatic carbocycles. The van der Waals surface area contributed by atoms with Crippen molar-refractivity contribution in [3.05, 3.63) is 34.2 Å². The van der Waals surface area contributed by atoms with Gasteiger partial charge >= 0.3 is 0 Å². The molecule has 1 aromatic heterocycles. The van der Waals surface area contributed by atoms with E-state index in [2.05, 4.69) is 19.2 Å². The number of pyridine rings is 1. The van der Waals surface area contributed by atoms with Gasteiger partial charge in [-0.3, -0.25) is 9.59 Å². The second-order valence-electron chi connectivity index (χ2n) is 4.99. The van der Waals surface area contributed by atoms with E-state index in [4.69, 9.17) is 0 Å². The van der Waals surface area contributed by atoms with Gasteiger partial charge in [0.05, 0.1) is 0 Å². The maximum Gasteiger partial charge on any atom is 0.251 e. The summed E-state index contributed by atoms with van der Waals surface area (Å²) in [4.78, 5) is 23.4. The molecule has 0 aromatic carbocycles. The Morgan fingerprint density at radius 3 is 2.67 bits per heavy atom. The Morgan fingerprint density at radius 1 is 1.44 bits per heavy atom. The average molecular weight is 250 g/mol. The van der Waals surface area contributed by atoms with Crippen molar-refractivity contribution in [2.75, 3.05) is 0 Å². The van der Waals surface area contributed by atoms with E-state index in [1.54, 1.807) is 19.3 Å². The number of aryl methyl sites for hydroxylation is 1. The van der Waals surface area contributed by atoms with Gasteiger partial charge in [0.15, 0.2) is 0 Å². The van der Waals surface area contributed by atoms with E-state index in [-0.39, 0.29) is 17.5 Å². The van der Waals surface area contributed by atoms with Crippen LogP contribution in [0.15, 0.2) is 23.1 Å². The SMILES string of the molecule is CCC(C)CC(C)NC(=O)c1ccn(C)c(=O)c1. The molecule has 100 valence electrons. The lowest BCUT2D eigenvalue weighted by Gasteiger charge is -2.17. The minimum atomic E-state index is -0.177. The largest absolute Gasteiger partial charge is 0.350 e. The molecule has 1 N–H and O–H groups in total. The van der Waals surface area contributed by atoms with Gasteiger partial charge in [-0.25, -0.2) is 0 Å². The zero-order valence-corrected chi connectivity index (χ0v) is 11.6. The van der Waals surface area contributed by atoms with Gasteiger partial charge in [0.2, 0.25) is 0 Å². The van der Waals surface area contributed by atoms with E-state index in [1.165, 1.54) is 10.6 Å². The molecule has 0 aliphatic rings. The molecule has 0 radical (unpaired) electrons. The lowest BCUT2D eigenvalue weighted by molar-refractivity contribution is 0.0935. The van der Waals surface area contributed by atoms with Crippen LogP contribution in [0.4, 0.5) is 0 Å². The molecule has 0 saturated heterocycles. The summed E-state index contributed by atoms with van der Waals surface area (Å²) in [6, 6.07) is 3.15. The average Bonchev–Trinajstić information content (AvgIpc) is 2.32. The Labute approximate surface area is 108 Å². The fourth-order valence-corrected chi connectivity index (χ4v) is 1.83. The van der Waals surface area contributed by atoms with Crippen molar-refractivity contribution < 1.29 is 4.79 Å². The van der Waals surface area contributed by atoms with Crippen LogP contribution in [-0.4, -0.2) is 16.5 Å². The van der Waals surface area contributed by atoms with Crippen molar-refractivity contribution in [3.8, 4) is 0 Å². The van der Waals surface area contributed by atoms with Crippen molar-refractivity contribution in [2.24, 2.45) is 13.0 Å². The summed E-state index contributed by atoms with van der Waals surface area (Å²) < 4.78 is 1.44. The van der Waals surface area contributed by atoms with Gasteiger partial charge < -0.3 is 9.88 Å². The predicted octanol–water partition coefficient (Wildman–Crippen LogP) is 1.94. The van der Waals surface area contributed by atoms with Crippen molar-refractivity contribution in [1.82, 2.24) is 9.88 Å². The van der Waals surface area contributed by atoms with Gasteiger partial charge in [0, 0.05) is 30.9 Å². The highest BCUT2D eigenvalue weighted by molar-refractivity contribution is 5.94. The van der Waals surface area contributed by atoms with E-state index >= 15 is 0 Å². The molecule has 0 saturated carbocycles. The zero-order valence-electron chi connectivity index (χ0n) is 11.6. The summed E-state index contributed by atoms with van der Waals surface area (Å²) in [7, 11) is 1.66. The zero-order chi connectivity index (χ0) is 13.7. The first-order valence-corrected chi connectivity index (χ1v) is 6.41. The molecular weight excluding hydrogens is 228 g/mol. The molecule has 4 nitrogen and oxygen atoms in total. The van der Waals surface area contributed by atoms with Crippen molar-refractivity contribution in [3.63, 3.8) is 0 Å². The maximum absolute atomic E-state index is 11.9. The number of amides is 1. The quantitative estimate of drug-likeness (QED) is 0.868. The predicted molar refractivity (Wildman–Crippen MR) is 72.7 cm³/mol. The second-order valence-corrected chi connectivity index (χ2v) is 4.99. The van der Waals surface area contributed by atoms with Gasteiger partial charge in [-0.1, -0.05) is 20.3 Å². The Bertz CT molecular complexity index is 465. The van der Waals surface area contributed by atoms with Crippen LogP contribution < -0.4 is 10.9 Å². The Hall–Kier alpha value is -1.58. The van der Waals surface area contributed by atoms with E-state index < -0.39 is 0 Å². The third kappa shape index (κ3) is 4.02. The number of nitrogens with zero attached hydrogens (tertiary/aromatic N) is 1. The van der Waals surface area contributed by atoms with Crippen LogP contribution in [0.1, 0.15) is 44.0 Å². The van der Waals surface area contributed by atoms with Crippen LogP contribution in [-0.2, 0) is 7.05 Å². The molecular formula is C14H22N2O2. The monoisotopic (exact) mass is 250 g/mol. The Morgan fingerprint density at radius 2 is 2.11 bits per heavy atom. The van der Waals surface area contributed by atoms with Crippen LogP contribution in [0.5, 0.6) is 0 Å². The summed E-state index contributed by atoms with van der Waals surface area (Å²) in [6.45, 7) is 6.30. The third-order valence-corrected chi connectivity index (χ3v) is 3.20. The van der Waals surface area contributed by atoms with Gasteiger partial charge in [-0.15, -0.1) is 0 Å². The topological polar surface area (TPSA) is 51.1 Å². The summed E-state index contributed by atoms with van der Waals surface area (Å²) in [6.07, 6.45) is 3.66. The van der Waals surface area contributed by atoms with Gasteiger partial charge in [-0.2, -0.15) is 0 Å². The van der Waals surface area contributed by atoms with E-state index in [0.29, 0.717) is 11.5 Å². The summed E-state index contributed by atoms with van der Waals surface area (Å²) >= 11 is 0. The van der Waals surface area contributed by atoms with Crippen LogP contribution >= 0.6 is 0 Å². The number of hydrogen-bond donors (Lipinski definition) is 1. The van der Waals surface area contributed by atoms with Gasteiger partial charge in [0.25, 0.3) is 11.5 Å². The molecule has 1 rings (SSSR count). The lowest BCUT2D eigenvalue weighted by atomic mass is 10.0. The van der Waals surface area contributed by atoms with Crippen molar-refractivity contribution in [2.45, 2.75) is 39.7 Å². The van der Waals surface area contributed by atoms with Gasteiger partial charge in [-0.05, 0) is 25.3 Å². The molecule has 18 heavy (non-hydrogen) atoms. The smallest absolute Gasteiger partial charge is 0.251 e. The molecule has 0 bridgehead atoms. The molecule has 1 aromatic rings. The summed E-state index contributed by atoms with van der Waals surface area (Å²) in [5, 5.41) is 2.92. The molecule has 4 heteroatoms. The molecule has 1 heterocycles. The summed E-state index contributed by atoms with van der Waals surface area (Å²) in [5.74, 6) is 0.410. The Kier molecular flexibility index (Phi) is 5.13. The molecule has 0 spiro atoms. The molecule has 2 unspecified atom stereocenters. The summed E-state index contributed by atoms with van der Waals surface area (Å²) in [5.41, 5.74) is 0.256. The number of rotatable bonds is 5. The first-order valence-electron chi connectivity index (χ1n) is 6.41. The minimum absolute atomic E-state index is 0.122. The van der Waals surface area contributed by atoms with E-state index in [9.17, 15) is 9.59 Å². The standard InChI is InChI=1S/C14H22N2O2/c1-5-10(2)8-11(3)15-14(18)12-6-7-16(4)13(17)9-12/h6-7,9-11H,5,8H2,1-4H3,(H,15,18). The van der Waals surface area contributed by atoms with E-state index in [1.807, 2.05) is 6.92 Å². The molecule has 0 aliphatic heterocycles. The van der Waals surface area contributed by atoms with Crippen LogP contribution in [0, 0.1) is 5.92 Å². The first-order chi connectivity index (χ1) is 8.43. The lowest BCUT2D eigenvalue weighted by Crippen LogP contribution is -2.34. The third-order valence-electron chi connectivity index (χ3n) is 3.20. The fraction of sp³-hybridized carbons (Fsp3) is 0.571. The van der Waals surface area contributed by atoms with Crippen LogP contribution in [0.25, 0.3) is 0 Å². The fourth-order valence-electron chi connectivity index (χ4n) is 1.83.